The van der Waals surface area contributed by atoms with Crippen LogP contribution in [0.25, 0.3) is 11.3 Å². The van der Waals surface area contributed by atoms with Crippen molar-refractivity contribution in [1.82, 2.24) is 10.1 Å². The smallest absolute Gasteiger partial charge is 0.231 e. The molecule has 1 aliphatic rings. The van der Waals surface area contributed by atoms with Gasteiger partial charge in [-0.2, -0.15) is 0 Å². The van der Waals surface area contributed by atoms with Crippen molar-refractivity contribution in [3.05, 3.63) is 65.5 Å². The molecule has 0 radical (unpaired) electrons. The molecule has 0 bridgehead atoms. The molecule has 2 heterocycles. The summed E-state index contributed by atoms with van der Waals surface area (Å²) in [7, 11) is 0. The van der Waals surface area contributed by atoms with Gasteiger partial charge in [0.1, 0.15) is 5.69 Å². The van der Waals surface area contributed by atoms with Gasteiger partial charge < -0.3 is 10.3 Å². The Morgan fingerprint density at radius 1 is 1.10 bits per heavy atom. The van der Waals surface area contributed by atoms with Crippen molar-refractivity contribution in [3.63, 3.8) is 0 Å². The van der Waals surface area contributed by atoms with Crippen LogP contribution in [0.4, 0.5) is 5.88 Å². The Labute approximate surface area is 116 Å². The Morgan fingerprint density at radius 3 is 2.75 bits per heavy atom. The predicted molar refractivity (Wildman–Crippen MR) is 76.1 cm³/mol. The molecule has 4 heteroatoms. The minimum absolute atomic E-state index is 0.254. The molecular formula is C16H13N3O. The van der Waals surface area contributed by atoms with Crippen LogP contribution in [0.5, 0.6) is 0 Å². The second-order valence-electron chi connectivity index (χ2n) is 4.98. The summed E-state index contributed by atoms with van der Waals surface area (Å²) in [6.45, 7) is 0. The number of nitrogens with zero attached hydrogens (tertiary/aromatic N) is 2. The Balaban J connectivity index is 1.82. The summed E-state index contributed by atoms with van der Waals surface area (Å²) in [4.78, 5) is 4.36. The molecule has 4 nitrogen and oxygen atoms in total. The highest BCUT2D eigenvalue weighted by atomic mass is 16.5. The molecule has 3 aromatic rings. The predicted octanol–water partition coefficient (Wildman–Crippen LogP) is 3.01. The molecule has 2 N–H and O–H groups in total. The van der Waals surface area contributed by atoms with Gasteiger partial charge in [0, 0.05) is 12.1 Å². The van der Waals surface area contributed by atoms with Gasteiger partial charge in [0.05, 0.1) is 11.3 Å². The van der Waals surface area contributed by atoms with Gasteiger partial charge in [-0.15, -0.1) is 0 Å². The molecule has 0 saturated carbocycles. The van der Waals surface area contributed by atoms with Crippen LogP contribution >= 0.6 is 0 Å². The molecule has 1 aromatic carbocycles. The van der Waals surface area contributed by atoms with Gasteiger partial charge >= 0.3 is 0 Å². The monoisotopic (exact) mass is 263 g/mol. The maximum atomic E-state index is 5.94. The van der Waals surface area contributed by atoms with E-state index in [1.54, 1.807) is 6.20 Å². The van der Waals surface area contributed by atoms with Crippen LogP contribution < -0.4 is 5.73 Å². The molecule has 0 spiro atoms. The minimum atomic E-state index is 0.254. The van der Waals surface area contributed by atoms with Gasteiger partial charge in [-0.1, -0.05) is 35.5 Å². The number of hydrogen-bond donors (Lipinski definition) is 1. The van der Waals surface area contributed by atoms with E-state index in [1.165, 1.54) is 11.1 Å². The fourth-order valence-electron chi connectivity index (χ4n) is 2.82. The Morgan fingerprint density at radius 2 is 1.95 bits per heavy atom. The summed E-state index contributed by atoms with van der Waals surface area (Å²) in [5.74, 6) is 0.590. The summed E-state index contributed by atoms with van der Waals surface area (Å²) < 4.78 is 5.21. The van der Waals surface area contributed by atoms with Crippen molar-refractivity contribution >= 4 is 5.88 Å². The van der Waals surface area contributed by atoms with Crippen molar-refractivity contribution in [2.24, 2.45) is 0 Å². The number of hydrogen-bond acceptors (Lipinski definition) is 4. The molecule has 0 amide bonds. The number of fused-ring (bicyclic) bond motifs is 1. The number of anilines is 1. The Kier molecular flexibility index (Phi) is 2.36. The zero-order valence-corrected chi connectivity index (χ0v) is 10.8. The van der Waals surface area contributed by atoms with E-state index in [4.69, 9.17) is 10.3 Å². The third-order valence-corrected chi connectivity index (χ3v) is 3.85. The van der Waals surface area contributed by atoms with Gasteiger partial charge in [0.15, 0.2) is 0 Å². The van der Waals surface area contributed by atoms with Crippen molar-refractivity contribution in [1.29, 1.82) is 0 Å². The summed E-state index contributed by atoms with van der Waals surface area (Å²) in [5.41, 5.74) is 11.1. The summed E-state index contributed by atoms with van der Waals surface area (Å²) in [5, 5.41) is 4.17. The van der Waals surface area contributed by atoms with Crippen molar-refractivity contribution in [2.75, 3.05) is 5.73 Å². The molecule has 0 aliphatic heterocycles. The quantitative estimate of drug-likeness (QED) is 0.771. The SMILES string of the molecule is Nc1onc(C2Cc3ccccc32)c1-c1ccccn1. The second kappa shape index (κ2) is 4.20. The third kappa shape index (κ3) is 1.54. The maximum absolute atomic E-state index is 5.94. The lowest BCUT2D eigenvalue weighted by Crippen LogP contribution is -2.19. The highest BCUT2D eigenvalue weighted by Gasteiger charge is 2.33. The standard InChI is InChI=1S/C16H13N3O/c17-16-14(13-7-3-4-8-18-13)15(19-20-16)12-9-10-5-1-2-6-11(10)12/h1-8,12H,9,17H2. The van der Waals surface area contributed by atoms with Gasteiger partial charge in [0.25, 0.3) is 0 Å². The maximum Gasteiger partial charge on any atom is 0.231 e. The van der Waals surface area contributed by atoms with E-state index in [-0.39, 0.29) is 5.92 Å². The summed E-state index contributed by atoms with van der Waals surface area (Å²) in [6, 6.07) is 14.1. The first-order valence-electron chi connectivity index (χ1n) is 6.59. The zero-order chi connectivity index (χ0) is 13.5. The molecule has 98 valence electrons. The van der Waals surface area contributed by atoms with Gasteiger partial charge in [-0.05, 0) is 29.7 Å². The van der Waals surface area contributed by atoms with Crippen LogP contribution in [0.2, 0.25) is 0 Å². The third-order valence-electron chi connectivity index (χ3n) is 3.85. The van der Waals surface area contributed by atoms with Crippen LogP contribution in [0, 0.1) is 0 Å². The van der Waals surface area contributed by atoms with E-state index in [0.29, 0.717) is 5.88 Å². The first-order valence-corrected chi connectivity index (χ1v) is 6.59. The summed E-state index contributed by atoms with van der Waals surface area (Å²) in [6.07, 6.45) is 2.72. The van der Waals surface area contributed by atoms with Gasteiger partial charge in [-0.3, -0.25) is 4.98 Å². The first-order chi connectivity index (χ1) is 9.84. The molecule has 20 heavy (non-hydrogen) atoms. The fourth-order valence-corrected chi connectivity index (χ4v) is 2.82. The molecule has 1 unspecified atom stereocenters. The molecule has 0 saturated heterocycles. The van der Waals surface area contributed by atoms with E-state index < -0.39 is 0 Å². The highest BCUT2D eigenvalue weighted by molar-refractivity contribution is 5.74. The van der Waals surface area contributed by atoms with Crippen LogP contribution in [0.15, 0.2) is 53.2 Å². The number of nitrogens with two attached hydrogens (primary N) is 1. The lowest BCUT2D eigenvalue weighted by atomic mass is 9.74. The van der Waals surface area contributed by atoms with Crippen LogP contribution in [0.1, 0.15) is 22.7 Å². The van der Waals surface area contributed by atoms with E-state index in [0.717, 1.165) is 23.4 Å². The highest BCUT2D eigenvalue weighted by Crippen LogP contribution is 2.44. The molecular weight excluding hydrogens is 250 g/mol. The van der Waals surface area contributed by atoms with Gasteiger partial charge in [0.2, 0.25) is 5.88 Å². The largest absolute Gasteiger partial charge is 0.367 e. The van der Waals surface area contributed by atoms with Crippen LogP contribution in [0.3, 0.4) is 0 Å². The number of nitrogen functional groups attached to an aromatic ring is 1. The number of pyridine rings is 1. The topological polar surface area (TPSA) is 64.9 Å². The van der Waals surface area contributed by atoms with E-state index in [2.05, 4.69) is 34.4 Å². The molecule has 1 atom stereocenters. The van der Waals surface area contributed by atoms with Crippen molar-refractivity contribution in [2.45, 2.75) is 12.3 Å². The fraction of sp³-hybridized carbons (Fsp3) is 0.125. The van der Waals surface area contributed by atoms with Crippen LogP contribution in [-0.4, -0.2) is 10.1 Å². The van der Waals surface area contributed by atoms with Gasteiger partial charge in [-0.25, -0.2) is 0 Å². The van der Waals surface area contributed by atoms with E-state index in [1.807, 2.05) is 18.2 Å². The molecule has 0 fully saturated rings. The number of aromatic nitrogens is 2. The van der Waals surface area contributed by atoms with E-state index >= 15 is 0 Å². The lowest BCUT2D eigenvalue weighted by Gasteiger charge is -2.28. The van der Waals surface area contributed by atoms with E-state index in [9.17, 15) is 0 Å². The first kappa shape index (κ1) is 11.2. The average Bonchev–Trinajstić information content (AvgIpc) is 2.83. The summed E-state index contributed by atoms with van der Waals surface area (Å²) >= 11 is 0. The molecule has 2 aromatic heterocycles. The molecule has 4 rings (SSSR count). The lowest BCUT2D eigenvalue weighted by molar-refractivity contribution is 0.420. The number of rotatable bonds is 2. The average molecular weight is 263 g/mol. The Bertz CT molecular complexity index is 764. The normalized spacial score (nSPS) is 16.5. The number of benzene rings is 1. The molecule has 1 aliphatic carbocycles. The van der Waals surface area contributed by atoms with Crippen LogP contribution in [-0.2, 0) is 6.42 Å². The minimum Gasteiger partial charge on any atom is -0.367 e. The Hall–Kier alpha value is -2.62. The second-order valence-corrected chi connectivity index (χ2v) is 4.98. The van der Waals surface area contributed by atoms with Crippen molar-refractivity contribution < 1.29 is 4.52 Å². The van der Waals surface area contributed by atoms with Crippen molar-refractivity contribution in [3.8, 4) is 11.3 Å². The zero-order valence-electron chi connectivity index (χ0n) is 10.8.